The SMILES string of the molecule is COc1ccc(-c2cc(NC(=O)CCCCN(C(=O)CCCCN3CCCN(C(C)=O)CC3)c3cc(-c4ccc(OC)cc4)[nH]n3)n[nH]2)cc1. The number of aromatic amines is 2. The summed E-state index contributed by atoms with van der Waals surface area (Å²) < 4.78 is 10.5. The monoisotopic (exact) mass is 684 g/mol. The van der Waals surface area contributed by atoms with E-state index < -0.39 is 0 Å². The molecule has 0 aliphatic carbocycles. The standard InChI is InChI=1S/C37H48N8O5/c1-27(46)44-21-8-20-43(23-24-44)19-6-5-10-37(48)45(35-26-33(40-42-35)29-13-17-31(50-3)18-14-29)22-7-4-9-36(47)38-34-25-32(39-41-34)28-11-15-30(49-2)16-12-28/h11-18,25-26H,4-10,19-24H2,1-3H3,(H,40,42)(H2,38,39,41,47). The molecule has 266 valence electrons. The number of H-pyrrole nitrogens is 2. The average Bonchev–Trinajstić information content (AvgIpc) is 3.75. The number of nitrogens with zero attached hydrogens (tertiary/aromatic N) is 5. The summed E-state index contributed by atoms with van der Waals surface area (Å²) in [7, 11) is 3.25. The largest absolute Gasteiger partial charge is 0.497 e. The van der Waals surface area contributed by atoms with Gasteiger partial charge in [-0.25, -0.2) is 0 Å². The van der Waals surface area contributed by atoms with Crippen LogP contribution >= 0.6 is 0 Å². The van der Waals surface area contributed by atoms with Gasteiger partial charge >= 0.3 is 0 Å². The smallest absolute Gasteiger partial charge is 0.228 e. The van der Waals surface area contributed by atoms with Crippen LogP contribution < -0.4 is 19.7 Å². The van der Waals surface area contributed by atoms with Crippen molar-refractivity contribution < 1.29 is 23.9 Å². The predicted octanol–water partition coefficient (Wildman–Crippen LogP) is 5.35. The lowest BCUT2D eigenvalue weighted by atomic mass is 10.1. The number of aromatic nitrogens is 4. The van der Waals surface area contributed by atoms with Crippen molar-refractivity contribution in [1.29, 1.82) is 0 Å². The Morgan fingerprint density at radius 2 is 1.42 bits per heavy atom. The molecule has 3 N–H and O–H groups in total. The molecule has 1 aliphatic heterocycles. The van der Waals surface area contributed by atoms with E-state index in [1.807, 2.05) is 59.5 Å². The van der Waals surface area contributed by atoms with Crippen molar-refractivity contribution in [2.24, 2.45) is 0 Å². The lowest BCUT2D eigenvalue weighted by Crippen LogP contribution is -2.34. The summed E-state index contributed by atoms with van der Waals surface area (Å²) >= 11 is 0. The van der Waals surface area contributed by atoms with Crippen LogP contribution in [0.15, 0.2) is 60.7 Å². The molecule has 2 aromatic carbocycles. The van der Waals surface area contributed by atoms with Crippen LogP contribution in [-0.2, 0) is 14.4 Å². The van der Waals surface area contributed by atoms with Crippen LogP contribution in [0.4, 0.5) is 11.6 Å². The first-order valence-corrected chi connectivity index (χ1v) is 17.3. The third kappa shape index (κ3) is 10.2. The molecule has 0 radical (unpaired) electrons. The number of anilines is 2. The van der Waals surface area contributed by atoms with Crippen molar-refractivity contribution in [3.05, 3.63) is 60.7 Å². The van der Waals surface area contributed by atoms with Crippen LogP contribution in [0.3, 0.4) is 0 Å². The number of carbonyl (C=O) groups excluding carboxylic acids is 3. The molecule has 0 unspecified atom stereocenters. The second-order valence-corrected chi connectivity index (χ2v) is 12.5. The number of hydrogen-bond donors (Lipinski definition) is 3. The average molecular weight is 685 g/mol. The van der Waals surface area contributed by atoms with Crippen molar-refractivity contribution in [3.8, 4) is 34.0 Å². The lowest BCUT2D eigenvalue weighted by molar-refractivity contribution is -0.128. The normalized spacial score (nSPS) is 13.5. The van der Waals surface area contributed by atoms with Gasteiger partial charge < -0.3 is 24.6 Å². The number of hydrogen-bond acceptors (Lipinski definition) is 8. The number of benzene rings is 2. The Labute approximate surface area is 293 Å². The minimum absolute atomic E-state index is 0.00318. The Bertz CT molecular complexity index is 1680. The Morgan fingerprint density at radius 1 is 0.780 bits per heavy atom. The summed E-state index contributed by atoms with van der Waals surface area (Å²) in [6.45, 7) is 6.34. The van der Waals surface area contributed by atoms with Crippen molar-refractivity contribution >= 4 is 29.4 Å². The molecule has 4 aromatic rings. The molecule has 5 rings (SSSR count). The van der Waals surface area contributed by atoms with E-state index in [4.69, 9.17) is 9.47 Å². The van der Waals surface area contributed by atoms with Crippen LogP contribution in [-0.4, -0.2) is 101 Å². The number of rotatable bonds is 16. The second kappa shape index (κ2) is 18.0. The zero-order chi connectivity index (χ0) is 35.3. The predicted molar refractivity (Wildman–Crippen MR) is 193 cm³/mol. The van der Waals surface area contributed by atoms with Gasteiger partial charge in [0.15, 0.2) is 11.6 Å². The van der Waals surface area contributed by atoms with E-state index in [0.29, 0.717) is 43.9 Å². The maximum absolute atomic E-state index is 13.6. The molecule has 3 amide bonds. The maximum Gasteiger partial charge on any atom is 0.228 e. The van der Waals surface area contributed by atoms with E-state index in [9.17, 15) is 14.4 Å². The van der Waals surface area contributed by atoms with Crippen LogP contribution in [0.25, 0.3) is 22.5 Å². The molecular formula is C37H48N8O5. The van der Waals surface area contributed by atoms with Crippen molar-refractivity contribution in [2.45, 2.75) is 51.9 Å². The topological polar surface area (TPSA) is 149 Å². The first-order valence-electron chi connectivity index (χ1n) is 17.3. The summed E-state index contributed by atoms with van der Waals surface area (Å²) in [6.07, 6.45) is 4.52. The third-order valence-electron chi connectivity index (χ3n) is 8.97. The van der Waals surface area contributed by atoms with Gasteiger partial charge in [0.05, 0.1) is 25.6 Å². The molecular weight excluding hydrogens is 636 g/mol. The lowest BCUT2D eigenvalue weighted by Gasteiger charge is -2.22. The number of ether oxygens (including phenoxy) is 2. The molecule has 1 aliphatic rings. The third-order valence-corrected chi connectivity index (χ3v) is 8.97. The Kier molecular flexibility index (Phi) is 13.0. The Balaban J connectivity index is 1.13. The van der Waals surface area contributed by atoms with Crippen molar-refractivity contribution in [3.63, 3.8) is 0 Å². The van der Waals surface area contributed by atoms with Crippen molar-refractivity contribution in [1.82, 2.24) is 30.2 Å². The van der Waals surface area contributed by atoms with Gasteiger partial charge in [0.1, 0.15) is 11.5 Å². The molecule has 1 fully saturated rings. The van der Waals surface area contributed by atoms with Gasteiger partial charge in [-0.3, -0.25) is 29.5 Å². The number of amides is 3. The highest BCUT2D eigenvalue weighted by Crippen LogP contribution is 2.26. The summed E-state index contributed by atoms with van der Waals surface area (Å²) in [6, 6.07) is 18.9. The van der Waals surface area contributed by atoms with Crippen LogP contribution in [0.2, 0.25) is 0 Å². The van der Waals surface area contributed by atoms with E-state index in [1.165, 1.54) is 0 Å². The molecule has 0 bridgehead atoms. The fraction of sp³-hybridized carbons (Fsp3) is 0.432. The van der Waals surface area contributed by atoms with Gasteiger partial charge in [-0.2, -0.15) is 10.2 Å². The number of unbranched alkanes of at least 4 members (excludes halogenated alkanes) is 2. The van der Waals surface area contributed by atoms with Crippen molar-refractivity contribution in [2.75, 3.05) is 63.7 Å². The fourth-order valence-corrected chi connectivity index (χ4v) is 6.06. The quantitative estimate of drug-likeness (QED) is 0.134. The first-order chi connectivity index (χ1) is 24.3. The molecule has 13 heteroatoms. The van der Waals surface area contributed by atoms with Crippen LogP contribution in [0.5, 0.6) is 11.5 Å². The zero-order valence-corrected chi connectivity index (χ0v) is 29.2. The molecule has 0 atom stereocenters. The van der Waals surface area contributed by atoms with Gasteiger partial charge in [0.2, 0.25) is 17.7 Å². The summed E-state index contributed by atoms with van der Waals surface area (Å²) in [4.78, 5) is 44.2. The molecule has 0 saturated carbocycles. The highest BCUT2D eigenvalue weighted by atomic mass is 16.5. The zero-order valence-electron chi connectivity index (χ0n) is 29.2. The number of methoxy groups -OCH3 is 2. The molecule has 50 heavy (non-hydrogen) atoms. The van der Waals surface area contributed by atoms with E-state index in [2.05, 4.69) is 30.6 Å². The summed E-state index contributed by atoms with van der Waals surface area (Å²) in [5.74, 6) is 2.53. The number of carbonyl (C=O) groups is 3. The molecule has 3 heterocycles. The molecule has 1 saturated heterocycles. The van der Waals surface area contributed by atoms with Gasteiger partial charge in [-0.1, -0.05) is 0 Å². The van der Waals surface area contributed by atoms with Gasteiger partial charge in [-0.05, 0) is 105 Å². The maximum atomic E-state index is 13.6. The molecule has 13 nitrogen and oxygen atoms in total. The first kappa shape index (κ1) is 36.1. The minimum atomic E-state index is -0.142. The van der Waals surface area contributed by atoms with E-state index in [-0.39, 0.29) is 17.7 Å². The summed E-state index contributed by atoms with van der Waals surface area (Å²) in [5.41, 5.74) is 3.45. The summed E-state index contributed by atoms with van der Waals surface area (Å²) in [5, 5.41) is 17.6. The van der Waals surface area contributed by atoms with E-state index in [0.717, 1.165) is 86.0 Å². The van der Waals surface area contributed by atoms with Crippen LogP contribution in [0.1, 0.15) is 51.9 Å². The van der Waals surface area contributed by atoms with Gasteiger partial charge in [-0.15, -0.1) is 0 Å². The molecule has 0 spiro atoms. The van der Waals surface area contributed by atoms with E-state index in [1.54, 1.807) is 32.1 Å². The van der Waals surface area contributed by atoms with E-state index >= 15 is 0 Å². The second-order valence-electron chi connectivity index (χ2n) is 12.5. The fourth-order valence-electron chi connectivity index (χ4n) is 6.06. The Morgan fingerprint density at radius 3 is 2.08 bits per heavy atom. The van der Waals surface area contributed by atoms with Gasteiger partial charge in [0.25, 0.3) is 0 Å². The van der Waals surface area contributed by atoms with Gasteiger partial charge in [0, 0.05) is 58.1 Å². The van der Waals surface area contributed by atoms with Crippen LogP contribution in [0, 0.1) is 0 Å². The highest BCUT2D eigenvalue weighted by molar-refractivity contribution is 5.93. The highest BCUT2D eigenvalue weighted by Gasteiger charge is 2.20. The Hall–Kier alpha value is -5.17. The molecule has 2 aromatic heterocycles. The number of nitrogens with one attached hydrogen (secondary N) is 3. The minimum Gasteiger partial charge on any atom is -0.497 e.